The van der Waals surface area contributed by atoms with Gasteiger partial charge in [0.25, 0.3) is 10.0 Å². The fourth-order valence-electron chi connectivity index (χ4n) is 1.19. The first-order valence-corrected chi connectivity index (χ1v) is 7.03. The van der Waals surface area contributed by atoms with Gasteiger partial charge in [0, 0.05) is 5.56 Å². The van der Waals surface area contributed by atoms with Gasteiger partial charge in [-0.3, -0.25) is 0 Å². The van der Waals surface area contributed by atoms with Crippen LogP contribution in [0.1, 0.15) is 5.56 Å². The zero-order chi connectivity index (χ0) is 12.3. The lowest BCUT2D eigenvalue weighted by Crippen LogP contribution is -1.94. The molecule has 0 amide bonds. The van der Waals surface area contributed by atoms with Gasteiger partial charge in [0.2, 0.25) is 0 Å². The molecule has 2 aromatic rings. The van der Waals surface area contributed by atoms with E-state index in [4.69, 9.17) is 0 Å². The number of phenols is 1. The Labute approximate surface area is 103 Å². The van der Waals surface area contributed by atoms with E-state index in [1.807, 2.05) is 0 Å². The normalized spacial score (nSPS) is 12.0. The van der Waals surface area contributed by atoms with Crippen LogP contribution >= 0.6 is 11.3 Å². The molecule has 1 N–H and O–H groups in total. The molecule has 0 saturated carbocycles. The molecule has 0 unspecified atom stereocenters. The lowest BCUT2D eigenvalue weighted by Gasteiger charge is -1.97. The van der Waals surface area contributed by atoms with Gasteiger partial charge in [0.15, 0.2) is 0 Å². The Kier molecular flexibility index (Phi) is 3.26. The van der Waals surface area contributed by atoms with Gasteiger partial charge in [0.1, 0.15) is 9.96 Å². The first kappa shape index (κ1) is 11.8. The molecule has 1 aromatic carbocycles. The highest BCUT2D eigenvalue weighted by Gasteiger charge is 2.12. The van der Waals surface area contributed by atoms with E-state index in [0.29, 0.717) is 5.56 Å². The van der Waals surface area contributed by atoms with Crippen LogP contribution < -0.4 is 0 Å². The first-order valence-electron chi connectivity index (χ1n) is 4.71. The quantitative estimate of drug-likeness (QED) is 0.867. The maximum Gasteiger partial charge on any atom is 0.291 e. The van der Waals surface area contributed by atoms with Crippen LogP contribution in [0, 0.1) is 0 Å². The number of thiophene rings is 1. The van der Waals surface area contributed by atoms with Crippen molar-refractivity contribution in [2.75, 3.05) is 0 Å². The molecule has 0 fully saturated rings. The molecule has 1 heterocycles. The lowest BCUT2D eigenvalue weighted by molar-refractivity contribution is 0.474. The summed E-state index contributed by atoms with van der Waals surface area (Å²) in [4.78, 5) is 0. The minimum atomic E-state index is -3.66. The first-order chi connectivity index (χ1) is 8.09. The number of hydrogen-bond acceptors (Lipinski definition) is 4. The van der Waals surface area contributed by atoms with E-state index in [9.17, 15) is 13.5 Å². The Morgan fingerprint density at radius 3 is 2.59 bits per heavy atom. The van der Waals surface area contributed by atoms with Crippen LogP contribution in [0.2, 0.25) is 0 Å². The van der Waals surface area contributed by atoms with E-state index in [2.05, 4.69) is 4.40 Å². The number of benzene rings is 1. The molecule has 0 aliphatic heterocycles. The highest BCUT2D eigenvalue weighted by molar-refractivity contribution is 7.92. The predicted octanol–water partition coefficient (Wildman–Crippen LogP) is 2.26. The van der Waals surface area contributed by atoms with E-state index in [0.717, 1.165) is 17.6 Å². The molecule has 6 heteroatoms. The molecule has 2 rings (SSSR count). The lowest BCUT2D eigenvalue weighted by atomic mass is 10.2. The van der Waals surface area contributed by atoms with Gasteiger partial charge < -0.3 is 5.11 Å². The monoisotopic (exact) mass is 267 g/mol. The maximum atomic E-state index is 11.7. The zero-order valence-electron chi connectivity index (χ0n) is 8.65. The van der Waals surface area contributed by atoms with Crippen LogP contribution in [0.25, 0.3) is 0 Å². The van der Waals surface area contributed by atoms with Crippen LogP contribution in [-0.2, 0) is 10.0 Å². The molecule has 0 saturated heterocycles. The summed E-state index contributed by atoms with van der Waals surface area (Å²) >= 11 is 1.10. The fourth-order valence-corrected chi connectivity index (χ4v) is 3.02. The third kappa shape index (κ3) is 2.72. The highest BCUT2D eigenvalue weighted by atomic mass is 32.2. The van der Waals surface area contributed by atoms with E-state index in [1.165, 1.54) is 12.1 Å². The van der Waals surface area contributed by atoms with Crippen molar-refractivity contribution in [3.8, 4) is 5.75 Å². The van der Waals surface area contributed by atoms with Gasteiger partial charge in [-0.2, -0.15) is 12.8 Å². The molecule has 0 atom stereocenters. The van der Waals surface area contributed by atoms with E-state index >= 15 is 0 Å². The van der Waals surface area contributed by atoms with Crippen molar-refractivity contribution in [3.05, 3.63) is 47.3 Å². The van der Waals surface area contributed by atoms with Crippen molar-refractivity contribution in [2.24, 2.45) is 4.40 Å². The van der Waals surface area contributed by atoms with Gasteiger partial charge in [-0.1, -0.05) is 18.2 Å². The molecule has 1 aromatic heterocycles. The number of sulfonamides is 1. The van der Waals surface area contributed by atoms with Crippen LogP contribution in [-0.4, -0.2) is 19.7 Å². The minimum absolute atomic E-state index is 0.00219. The minimum Gasteiger partial charge on any atom is -0.507 e. The molecule has 0 radical (unpaired) electrons. The summed E-state index contributed by atoms with van der Waals surface area (Å²) in [7, 11) is -3.66. The summed E-state index contributed by atoms with van der Waals surface area (Å²) in [6.07, 6.45) is 1.14. The summed E-state index contributed by atoms with van der Waals surface area (Å²) in [5, 5.41) is 11.1. The Morgan fingerprint density at radius 2 is 1.94 bits per heavy atom. The molecule has 4 nitrogen and oxygen atoms in total. The zero-order valence-corrected chi connectivity index (χ0v) is 10.3. The van der Waals surface area contributed by atoms with Crippen molar-refractivity contribution >= 4 is 27.6 Å². The third-order valence-corrected chi connectivity index (χ3v) is 4.63. The fraction of sp³-hybridized carbons (Fsp3) is 0. The summed E-state index contributed by atoms with van der Waals surface area (Å²) in [5.74, 6) is -0.00219. The molecule has 0 aliphatic carbocycles. The van der Waals surface area contributed by atoms with Gasteiger partial charge >= 0.3 is 0 Å². The van der Waals surface area contributed by atoms with E-state index < -0.39 is 10.0 Å². The van der Waals surface area contributed by atoms with Crippen LogP contribution in [0.15, 0.2) is 50.4 Å². The molecule has 17 heavy (non-hydrogen) atoms. The van der Waals surface area contributed by atoms with Gasteiger partial charge in [-0.05, 0) is 23.6 Å². The largest absolute Gasteiger partial charge is 0.507 e. The SMILES string of the molecule is O=S(=O)(/N=C/c1ccccc1O)c1cccs1. The van der Waals surface area contributed by atoms with Crippen molar-refractivity contribution in [1.29, 1.82) is 0 Å². The van der Waals surface area contributed by atoms with Gasteiger partial charge in [0.05, 0.1) is 6.21 Å². The Balaban J connectivity index is 2.31. The van der Waals surface area contributed by atoms with Crippen molar-refractivity contribution in [3.63, 3.8) is 0 Å². The van der Waals surface area contributed by atoms with Crippen LogP contribution in [0.5, 0.6) is 5.75 Å². The number of phenolic OH excluding ortho intramolecular Hbond substituents is 1. The Hall–Kier alpha value is -1.66. The molecule has 0 spiro atoms. The van der Waals surface area contributed by atoms with Crippen molar-refractivity contribution < 1.29 is 13.5 Å². The molecular weight excluding hydrogens is 258 g/mol. The second-order valence-electron chi connectivity index (χ2n) is 3.20. The number of nitrogens with zero attached hydrogens (tertiary/aromatic N) is 1. The summed E-state index contributed by atoms with van der Waals surface area (Å²) in [6.45, 7) is 0. The van der Waals surface area contributed by atoms with Gasteiger partial charge in [-0.15, -0.1) is 11.3 Å². The Bertz CT molecular complexity index is 630. The summed E-state index contributed by atoms with van der Waals surface area (Å²) < 4.78 is 27.1. The van der Waals surface area contributed by atoms with Crippen molar-refractivity contribution in [1.82, 2.24) is 0 Å². The number of para-hydroxylation sites is 1. The second-order valence-corrected chi connectivity index (χ2v) is 6.01. The average Bonchev–Trinajstić information content (AvgIpc) is 2.82. The van der Waals surface area contributed by atoms with Gasteiger partial charge in [-0.25, -0.2) is 0 Å². The summed E-state index contributed by atoms with van der Waals surface area (Å²) in [5.41, 5.74) is 0.368. The number of rotatable bonds is 3. The molecule has 0 bridgehead atoms. The van der Waals surface area contributed by atoms with Crippen LogP contribution in [0.3, 0.4) is 0 Å². The molecule has 0 aliphatic rings. The average molecular weight is 267 g/mol. The third-order valence-electron chi connectivity index (χ3n) is 2.02. The second kappa shape index (κ2) is 4.68. The number of hydrogen-bond donors (Lipinski definition) is 1. The van der Waals surface area contributed by atoms with Crippen LogP contribution in [0.4, 0.5) is 0 Å². The van der Waals surface area contributed by atoms with Crippen molar-refractivity contribution in [2.45, 2.75) is 4.21 Å². The Morgan fingerprint density at radius 1 is 1.18 bits per heavy atom. The smallest absolute Gasteiger partial charge is 0.291 e. The standard InChI is InChI=1S/C11H9NO3S2/c13-10-5-2-1-4-9(10)8-12-17(14,15)11-6-3-7-16-11/h1-8,13H/b12-8+. The van der Waals surface area contributed by atoms with E-state index in [1.54, 1.807) is 29.6 Å². The molecule has 88 valence electrons. The highest BCUT2D eigenvalue weighted by Crippen LogP contribution is 2.19. The number of aromatic hydroxyl groups is 1. The predicted molar refractivity (Wildman–Crippen MR) is 67.2 cm³/mol. The topological polar surface area (TPSA) is 66.7 Å². The van der Waals surface area contributed by atoms with E-state index in [-0.39, 0.29) is 9.96 Å². The maximum absolute atomic E-state index is 11.7. The summed E-state index contributed by atoms with van der Waals surface area (Å²) in [6, 6.07) is 9.54. The molecular formula is C11H9NO3S2.